The Bertz CT molecular complexity index is 443. The van der Waals surface area contributed by atoms with Crippen LogP contribution < -0.4 is 5.32 Å². The zero-order valence-corrected chi connectivity index (χ0v) is 11.5. The summed E-state index contributed by atoms with van der Waals surface area (Å²) in [6.45, 7) is 1.83. The largest absolute Gasteiger partial charge is 0.394 e. The number of hydrogen-bond acceptors (Lipinski definition) is 2. The highest BCUT2D eigenvalue weighted by atomic mass is 35.5. The molecule has 98 valence electrons. The monoisotopic (exact) mass is 287 g/mol. The third kappa shape index (κ3) is 4.69. The minimum atomic E-state index is -0.248. The molecule has 1 amide bonds. The van der Waals surface area contributed by atoms with Gasteiger partial charge in [0, 0.05) is 6.08 Å². The van der Waals surface area contributed by atoms with E-state index in [9.17, 15) is 4.79 Å². The molecule has 3 nitrogen and oxygen atoms in total. The number of aliphatic hydroxyl groups excluding tert-OH is 1. The molecule has 1 aromatic rings. The molecular formula is C13H15Cl2NO2. The maximum atomic E-state index is 11.5. The Labute approximate surface area is 116 Å². The predicted molar refractivity (Wildman–Crippen MR) is 74.8 cm³/mol. The summed E-state index contributed by atoms with van der Waals surface area (Å²) in [6.07, 6.45) is 3.72. The van der Waals surface area contributed by atoms with Crippen LogP contribution >= 0.6 is 23.2 Å². The van der Waals surface area contributed by atoms with Crippen LogP contribution in [-0.2, 0) is 4.79 Å². The summed E-state index contributed by atoms with van der Waals surface area (Å²) >= 11 is 11.6. The molecule has 0 aromatic heterocycles. The highest BCUT2D eigenvalue weighted by Gasteiger charge is 2.06. The normalized spacial score (nSPS) is 12.7. The number of benzene rings is 1. The Morgan fingerprint density at radius 3 is 2.72 bits per heavy atom. The van der Waals surface area contributed by atoms with Gasteiger partial charge >= 0.3 is 0 Å². The lowest BCUT2D eigenvalue weighted by atomic mass is 10.2. The number of hydrogen-bond donors (Lipinski definition) is 2. The molecule has 0 saturated heterocycles. The standard InChI is InChI=1S/C13H15Cl2NO2/c1-2-10(8-17)16-13(18)6-4-9-3-5-11(14)12(15)7-9/h3-7,10,17H,2,8H2,1H3,(H,16,18)/b6-4+/t10-/m1/s1. The average Bonchev–Trinajstić information content (AvgIpc) is 2.37. The van der Waals surface area contributed by atoms with Gasteiger partial charge in [-0.1, -0.05) is 36.2 Å². The first-order chi connectivity index (χ1) is 8.56. The van der Waals surface area contributed by atoms with Gasteiger partial charge in [0.05, 0.1) is 22.7 Å². The molecule has 0 fully saturated rings. The third-order valence-corrected chi connectivity index (χ3v) is 3.17. The van der Waals surface area contributed by atoms with Crippen molar-refractivity contribution in [3.05, 3.63) is 39.9 Å². The first kappa shape index (κ1) is 15.0. The Hall–Kier alpha value is -1.03. The number of halogens is 2. The van der Waals surface area contributed by atoms with E-state index >= 15 is 0 Å². The third-order valence-electron chi connectivity index (χ3n) is 2.43. The van der Waals surface area contributed by atoms with Crippen molar-refractivity contribution in [3.63, 3.8) is 0 Å². The van der Waals surface area contributed by atoms with Crippen molar-refractivity contribution in [2.45, 2.75) is 19.4 Å². The van der Waals surface area contributed by atoms with Crippen molar-refractivity contribution < 1.29 is 9.90 Å². The topological polar surface area (TPSA) is 49.3 Å². The first-order valence-corrected chi connectivity index (χ1v) is 6.37. The lowest BCUT2D eigenvalue weighted by Gasteiger charge is -2.11. The summed E-state index contributed by atoms with van der Waals surface area (Å²) in [7, 11) is 0. The quantitative estimate of drug-likeness (QED) is 0.818. The molecule has 18 heavy (non-hydrogen) atoms. The fraction of sp³-hybridized carbons (Fsp3) is 0.308. The molecule has 2 N–H and O–H groups in total. The number of rotatable bonds is 5. The zero-order valence-electron chi connectivity index (χ0n) is 9.99. The summed E-state index contributed by atoms with van der Waals surface area (Å²) in [5.41, 5.74) is 0.789. The van der Waals surface area contributed by atoms with Gasteiger partial charge < -0.3 is 10.4 Å². The summed E-state index contributed by atoms with van der Waals surface area (Å²) in [6, 6.07) is 4.90. The zero-order chi connectivity index (χ0) is 13.5. The van der Waals surface area contributed by atoms with Crippen LogP contribution in [0.3, 0.4) is 0 Å². The molecule has 0 aliphatic heterocycles. The maximum absolute atomic E-state index is 11.5. The second-order valence-electron chi connectivity index (χ2n) is 3.80. The van der Waals surface area contributed by atoms with Crippen molar-refractivity contribution in [1.82, 2.24) is 5.32 Å². The molecule has 1 aromatic carbocycles. The smallest absolute Gasteiger partial charge is 0.244 e. The molecular weight excluding hydrogens is 273 g/mol. The number of carbonyl (C=O) groups is 1. The van der Waals surface area contributed by atoms with E-state index in [0.29, 0.717) is 16.5 Å². The lowest BCUT2D eigenvalue weighted by molar-refractivity contribution is -0.117. The molecule has 0 spiro atoms. The van der Waals surface area contributed by atoms with Gasteiger partial charge in [0.2, 0.25) is 5.91 Å². The van der Waals surface area contributed by atoms with Crippen molar-refractivity contribution in [2.24, 2.45) is 0 Å². The SMILES string of the molecule is CC[C@H](CO)NC(=O)/C=C/c1ccc(Cl)c(Cl)c1. The Balaban J connectivity index is 2.63. The second-order valence-corrected chi connectivity index (χ2v) is 4.62. The van der Waals surface area contributed by atoms with E-state index in [1.165, 1.54) is 6.08 Å². The van der Waals surface area contributed by atoms with E-state index in [-0.39, 0.29) is 18.6 Å². The average molecular weight is 288 g/mol. The molecule has 0 unspecified atom stereocenters. The van der Waals surface area contributed by atoms with Crippen LogP contribution in [0.4, 0.5) is 0 Å². The van der Waals surface area contributed by atoms with Gasteiger partial charge in [0.25, 0.3) is 0 Å². The van der Waals surface area contributed by atoms with E-state index < -0.39 is 0 Å². The Morgan fingerprint density at radius 1 is 1.44 bits per heavy atom. The molecule has 5 heteroatoms. The highest BCUT2D eigenvalue weighted by molar-refractivity contribution is 6.42. The molecule has 0 aliphatic rings. The summed E-state index contributed by atoms with van der Waals surface area (Å²) < 4.78 is 0. The van der Waals surface area contributed by atoms with Crippen LogP contribution in [-0.4, -0.2) is 23.7 Å². The van der Waals surface area contributed by atoms with Crippen molar-refractivity contribution >= 4 is 35.2 Å². The number of nitrogens with one attached hydrogen (secondary N) is 1. The van der Waals surface area contributed by atoms with Crippen LogP contribution in [0.1, 0.15) is 18.9 Å². The lowest BCUT2D eigenvalue weighted by Crippen LogP contribution is -2.35. The van der Waals surface area contributed by atoms with E-state index in [1.807, 2.05) is 6.92 Å². The van der Waals surface area contributed by atoms with Gasteiger partial charge in [-0.25, -0.2) is 0 Å². The molecule has 0 heterocycles. The van der Waals surface area contributed by atoms with Gasteiger partial charge in [0.15, 0.2) is 0 Å². The van der Waals surface area contributed by atoms with E-state index in [4.69, 9.17) is 28.3 Å². The van der Waals surface area contributed by atoms with Crippen LogP contribution in [0.25, 0.3) is 6.08 Å². The maximum Gasteiger partial charge on any atom is 0.244 e. The number of carbonyl (C=O) groups excluding carboxylic acids is 1. The van der Waals surface area contributed by atoms with Crippen molar-refractivity contribution in [1.29, 1.82) is 0 Å². The summed E-state index contributed by atoms with van der Waals surface area (Å²) in [5, 5.41) is 12.6. The Morgan fingerprint density at radius 2 is 2.17 bits per heavy atom. The van der Waals surface area contributed by atoms with Crippen LogP contribution in [0.15, 0.2) is 24.3 Å². The summed E-state index contributed by atoms with van der Waals surface area (Å²) in [4.78, 5) is 11.5. The first-order valence-electron chi connectivity index (χ1n) is 5.61. The molecule has 1 rings (SSSR count). The van der Waals surface area contributed by atoms with E-state index in [1.54, 1.807) is 24.3 Å². The fourth-order valence-corrected chi connectivity index (χ4v) is 1.62. The van der Waals surface area contributed by atoms with Crippen LogP contribution in [0, 0.1) is 0 Å². The fourth-order valence-electron chi connectivity index (χ4n) is 1.31. The van der Waals surface area contributed by atoms with Crippen molar-refractivity contribution in [3.8, 4) is 0 Å². The minimum absolute atomic E-state index is 0.0666. The van der Waals surface area contributed by atoms with Crippen molar-refractivity contribution in [2.75, 3.05) is 6.61 Å². The van der Waals surface area contributed by atoms with Gasteiger partial charge in [-0.05, 0) is 30.2 Å². The minimum Gasteiger partial charge on any atom is -0.394 e. The highest BCUT2D eigenvalue weighted by Crippen LogP contribution is 2.22. The molecule has 0 aliphatic carbocycles. The van der Waals surface area contributed by atoms with Gasteiger partial charge in [-0.15, -0.1) is 0 Å². The van der Waals surface area contributed by atoms with Gasteiger partial charge in [0.1, 0.15) is 0 Å². The Kier molecular flexibility index (Phi) is 6.19. The van der Waals surface area contributed by atoms with Crippen LogP contribution in [0.5, 0.6) is 0 Å². The number of aliphatic hydroxyl groups is 1. The van der Waals surface area contributed by atoms with Gasteiger partial charge in [-0.3, -0.25) is 4.79 Å². The molecule has 0 radical (unpaired) electrons. The molecule has 0 bridgehead atoms. The summed E-state index contributed by atoms with van der Waals surface area (Å²) in [5.74, 6) is -0.248. The number of amides is 1. The van der Waals surface area contributed by atoms with Gasteiger partial charge in [-0.2, -0.15) is 0 Å². The predicted octanol–water partition coefficient (Wildman–Crippen LogP) is 2.89. The molecule has 1 atom stereocenters. The molecule has 0 saturated carbocycles. The van der Waals surface area contributed by atoms with E-state index in [0.717, 1.165) is 5.56 Å². The van der Waals surface area contributed by atoms with E-state index in [2.05, 4.69) is 5.32 Å². The van der Waals surface area contributed by atoms with Crippen LogP contribution in [0.2, 0.25) is 10.0 Å². The second kappa shape index (κ2) is 7.41.